The minimum atomic E-state index is -1.03. The highest BCUT2D eigenvalue weighted by atomic mass is 19.1. The molecular weight excluding hydrogens is 323 g/mol. The van der Waals surface area contributed by atoms with Crippen LogP contribution in [0.25, 0.3) is 0 Å². The van der Waals surface area contributed by atoms with Crippen molar-refractivity contribution >= 4 is 5.91 Å². The molecule has 1 aromatic heterocycles. The molecule has 0 N–H and O–H groups in total. The van der Waals surface area contributed by atoms with E-state index in [4.69, 9.17) is 4.74 Å². The van der Waals surface area contributed by atoms with Gasteiger partial charge in [-0.15, -0.1) is 10.2 Å². The fraction of sp³-hybridized carbons (Fsp3) is 0.500. The molecule has 1 saturated heterocycles. The van der Waals surface area contributed by atoms with Crippen LogP contribution in [-0.4, -0.2) is 44.3 Å². The van der Waals surface area contributed by atoms with Crippen LogP contribution in [0.3, 0.4) is 0 Å². The van der Waals surface area contributed by atoms with E-state index in [0.717, 1.165) is 18.7 Å². The van der Waals surface area contributed by atoms with Gasteiger partial charge in [0.1, 0.15) is 23.7 Å². The van der Waals surface area contributed by atoms with Gasteiger partial charge in [0.25, 0.3) is 5.91 Å². The molecule has 1 aliphatic heterocycles. The van der Waals surface area contributed by atoms with Gasteiger partial charge in [0.15, 0.2) is 5.60 Å². The Kier molecular flexibility index (Phi) is 4.74. The van der Waals surface area contributed by atoms with Crippen molar-refractivity contribution in [3.05, 3.63) is 42.2 Å². The van der Waals surface area contributed by atoms with Crippen LogP contribution in [0.2, 0.25) is 0 Å². The normalized spacial score (nSPS) is 18.2. The molecule has 6 nitrogen and oxygen atoms in total. The van der Waals surface area contributed by atoms with E-state index in [0.29, 0.717) is 18.8 Å². The molecule has 3 rings (SSSR count). The average Bonchev–Trinajstić information content (AvgIpc) is 3.02. The van der Waals surface area contributed by atoms with E-state index in [9.17, 15) is 9.18 Å². The molecule has 1 amide bonds. The van der Waals surface area contributed by atoms with Crippen LogP contribution in [0.1, 0.15) is 38.4 Å². The zero-order valence-electron chi connectivity index (χ0n) is 14.8. The Hall–Kier alpha value is -2.44. The number of aryl methyl sites for hydroxylation is 1. The largest absolute Gasteiger partial charge is 0.478 e. The van der Waals surface area contributed by atoms with Gasteiger partial charge in [-0.25, -0.2) is 4.39 Å². The highest BCUT2D eigenvalue weighted by molar-refractivity contribution is 5.85. The first kappa shape index (κ1) is 17.4. The molecule has 0 saturated carbocycles. The van der Waals surface area contributed by atoms with E-state index in [1.165, 1.54) is 24.3 Å². The number of hydrogen-bond donors (Lipinski definition) is 0. The summed E-state index contributed by atoms with van der Waals surface area (Å²) in [6.07, 6.45) is 3.57. The van der Waals surface area contributed by atoms with Gasteiger partial charge in [0.2, 0.25) is 0 Å². The summed E-state index contributed by atoms with van der Waals surface area (Å²) in [6.45, 7) is 4.78. The lowest BCUT2D eigenvalue weighted by Crippen LogP contribution is -2.51. The van der Waals surface area contributed by atoms with Crippen LogP contribution < -0.4 is 4.74 Å². The molecule has 134 valence electrons. The lowest BCUT2D eigenvalue weighted by molar-refractivity contribution is -0.146. The number of nitrogens with zero attached hydrogens (tertiary/aromatic N) is 4. The first-order valence-corrected chi connectivity index (χ1v) is 8.44. The van der Waals surface area contributed by atoms with Crippen molar-refractivity contribution < 1.29 is 13.9 Å². The second-order valence-electron chi connectivity index (χ2n) is 6.96. The van der Waals surface area contributed by atoms with E-state index in [1.807, 2.05) is 16.5 Å². The zero-order chi connectivity index (χ0) is 18.0. The third-order valence-corrected chi connectivity index (χ3v) is 4.52. The molecule has 2 aromatic rings. The van der Waals surface area contributed by atoms with Crippen molar-refractivity contribution in [2.24, 2.45) is 7.05 Å². The molecule has 7 heteroatoms. The van der Waals surface area contributed by atoms with Gasteiger partial charge < -0.3 is 14.2 Å². The number of aromatic nitrogens is 3. The number of likely N-dealkylation sites (tertiary alicyclic amines) is 1. The molecule has 2 heterocycles. The molecule has 0 radical (unpaired) electrons. The van der Waals surface area contributed by atoms with Gasteiger partial charge in [-0.3, -0.25) is 4.79 Å². The summed E-state index contributed by atoms with van der Waals surface area (Å²) >= 11 is 0. The maximum absolute atomic E-state index is 13.0. The van der Waals surface area contributed by atoms with Crippen molar-refractivity contribution in [2.75, 3.05) is 13.1 Å². The fourth-order valence-electron chi connectivity index (χ4n) is 3.26. The van der Waals surface area contributed by atoms with Crippen molar-refractivity contribution in [1.82, 2.24) is 19.7 Å². The second kappa shape index (κ2) is 6.82. The molecule has 1 aliphatic rings. The molecule has 0 unspecified atom stereocenters. The highest BCUT2D eigenvalue weighted by Crippen LogP contribution is 2.28. The Labute approximate surface area is 146 Å². The standard InChI is InChI=1S/C18H23FN4O2/c1-18(2,25-15-8-6-14(19)7-9-15)17(24)23-10-4-5-13(11-23)16-21-20-12-22(16)3/h6-9,12-13H,4-5,10-11H2,1-3H3/t13-/m0/s1. The van der Waals surface area contributed by atoms with Gasteiger partial charge in [-0.05, 0) is 51.0 Å². The van der Waals surface area contributed by atoms with Gasteiger partial charge in [0, 0.05) is 26.1 Å². The van der Waals surface area contributed by atoms with E-state index >= 15 is 0 Å². The SMILES string of the molecule is Cn1cnnc1[C@H]1CCCN(C(=O)C(C)(C)Oc2ccc(F)cc2)C1. The quantitative estimate of drug-likeness (QED) is 0.853. The van der Waals surface area contributed by atoms with Gasteiger partial charge in [-0.1, -0.05) is 0 Å². The van der Waals surface area contributed by atoms with Gasteiger partial charge >= 0.3 is 0 Å². The summed E-state index contributed by atoms with van der Waals surface area (Å²) in [6, 6.07) is 5.70. The van der Waals surface area contributed by atoms with Crippen molar-refractivity contribution in [3.63, 3.8) is 0 Å². The van der Waals surface area contributed by atoms with E-state index < -0.39 is 5.60 Å². The highest BCUT2D eigenvalue weighted by Gasteiger charge is 2.37. The molecule has 1 atom stereocenters. The number of halogens is 1. The summed E-state index contributed by atoms with van der Waals surface area (Å²) in [5.74, 6) is 1.13. The van der Waals surface area contributed by atoms with Crippen LogP contribution in [0.15, 0.2) is 30.6 Å². The van der Waals surface area contributed by atoms with Gasteiger partial charge in [-0.2, -0.15) is 0 Å². The first-order chi connectivity index (χ1) is 11.9. The second-order valence-corrected chi connectivity index (χ2v) is 6.96. The average molecular weight is 346 g/mol. The third-order valence-electron chi connectivity index (χ3n) is 4.52. The Morgan fingerprint density at radius 2 is 2.04 bits per heavy atom. The number of ether oxygens (including phenoxy) is 1. The summed E-state index contributed by atoms with van der Waals surface area (Å²) in [4.78, 5) is 14.8. The Bertz CT molecular complexity index is 742. The number of amides is 1. The van der Waals surface area contributed by atoms with E-state index in [1.54, 1.807) is 20.2 Å². The number of hydrogen-bond acceptors (Lipinski definition) is 4. The minimum absolute atomic E-state index is 0.0799. The summed E-state index contributed by atoms with van der Waals surface area (Å²) < 4.78 is 20.8. The number of carbonyl (C=O) groups is 1. The van der Waals surface area contributed by atoms with Crippen molar-refractivity contribution in [2.45, 2.75) is 38.2 Å². The predicted octanol–water partition coefficient (Wildman–Crippen LogP) is 2.52. The number of rotatable bonds is 4. The monoisotopic (exact) mass is 346 g/mol. The van der Waals surface area contributed by atoms with E-state index in [2.05, 4.69) is 10.2 Å². The number of piperidine rings is 1. The molecule has 1 aromatic carbocycles. The van der Waals surface area contributed by atoms with Crippen LogP contribution in [0, 0.1) is 5.82 Å². The maximum atomic E-state index is 13.0. The summed E-state index contributed by atoms with van der Waals surface area (Å²) in [5.41, 5.74) is -1.03. The van der Waals surface area contributed by atoms with Crippen LogP contribution in [-0.2, 0) is 11.8 Å². The molecule has 0 bridgehead atoms. The minimum Gasteiger partial charge on any atom is -0.478 e. The Morgan fingerprint density at radius 3 is 2.68 bits per heavy atom. The van der Waals surface area contributed by atoms with Crippen molar-refractivity contribution in [3.8, 4) is 5.75 Å². The van der Waals surface area contributed by atoms with Crippen LogP contribution in [0.4, 0.5) is 4.39 Å². The Balaban J connectivity index is 1.70. The first-order valence-electron chi connectivity index (χ1n) is 8.44. The fourth-order valence-corrected chi connectivity index (χ4v) is 3.26. The molecule has 1 fully saturated rings. The maximum Gasteiger partial charge on any atom is 0.266 e. The lowest BCUT2D eigenvalue weighted by Gasteiger charge is -2.37. The molecular formula is C18H23FN4O2. The molecule has 25 heavy (non-hydrogen) atoms. The van der Waals surface area contributed by atoms with Crippen LogP contribution >= 0.6 is 0 Å². The zero-order valence-corrected chi connectivity index (χ0v) is 14.8. The predicted molar refractivity (Wildman–Crippen MR) is 90.7 cm³/mol. The van der Waals surface area contributed by atoms with Gasteiger partial charge in [0.05, 0.1) is 0 Å². The lowest BCUT2D eigenvalue weighted by atomic mass is 9.95. The molecule has 0 aliphatic carbocycles. The third kappa shape index (κ3) is 3.81. The summed E-state index contributed by atoms with van der Waals surface area (Å²) in [7, 11) is 1.91. The topological polar surface area (TPSA) is 60.2 Å². The summed E-state index contributed by atoms with van der Waals surface area (Å²) in [5, 5.41) is 8.11. The van der Waals surface area contributed by atoms with E-state index in [-0.39, 0.29) is 17.6 Å². The Morgan fingerprint density at radius 1 is 1.32 bits per heavy atom. The van der Waals surface area contributed by atoms with Crippen LogP contribution in [0.5, 0.6) is 5.75 Å². The smallest absolute Gasteiger partial charge is 0.266 e. The molecule has 0 spiro atoms. The van der Waals surface area contributed by atoms with Crippen molar-refractivity contribution in [1.29, 1.82) is 0 Å². The number of carbonyl (C=O) groups excluding carboxylic acids is 1. The number of benzene rings is 1.